The van der Waals surface area contributed by atoms with E-state index in [1.807, 2.05) is 48.5 Å². The minimum absolute atomic E-state index is 0.119. The Bertz CT molecular complexity index is 626. The molecule has 2 aromatic rings. The minimum Gasteiger partial charge on any atom is -0.497 e. The number of rotatable bonds is 6. The van der Waals surface area contributed by atoms with Gasteiger partial charge in [0.15, 0.2) is 5.84 Å². The molecule has 0 aromatic heterocycles. The lowest BCUT2D eigenvalue weighted by Crippen LogP contribution is -2.19. The first-order valence-electron chi connectivity index (χ1n) is 6.64. The molecule has 2 rings (SSSR count). The Morgan fingerprint density at radius 3 is 2.76 bits per heavy atom. The Labute approximate surface area is 124 Å². The van der Waals surface area contributed by atoms with Crippen molar-refractivity contribution in [3.05, 3.63) is 65.2 Å². The maximum Gasteiger partial charge on any atom is 0.170 e. The lowest BCUT2D eigenvalue weighted by molar-refractivity contribution is 0.318. The maximum absolute atomic E-state index is 8.80. The van der Waals surface area contributed by atoms with Crippen LogP contribution in [0.5, 0.6) is 5.75 Å². The molecule has 0 saturated heterocycles. The number of hydrogen-bond donors (Lipinski definition) is 3. The molecular formula is C16H19N3O2. The fraction of sp³-hybridized carbons (Fsp3) is 0.188. The highest BCUT2D eigenvalue weighted by Gasteiger charge is 2.05. The van der Waals surface area contributed by atoms with Crippen molar-refractivity contribution >= 4 is 5.84 Å². The maximum atomic E-state index is 8.80. The molecule has 0 aliphatic heterocycles. The number of hydrogen-bond acceptors (Lipinski definition) is 4. The highest BCUT2D eigenvalue weighted by atomic mass is 16.5. The second kappa shape index (κ2) is 7.31. The van der Waals surface area contributed by atoms with Crippen LogP contribution in [0.15, 0.2) is 53.7 Å². The van der Waals surface area contributed by atoms with Crippen LogP contribution in [0.4, 0.5) is 0 Å². The van der Waals surface area contributed by atoms with E-state index < -0.39 is 0 Å². The number of nitrogens with one attached hydrogen (secondary N) is 1. The summed E-state index contributed by atoms with van der Waals surface area (Å²) in [6, 6.07) is 15.5. The first-order chi connectivity index (χ1) is 10.2. The molecule has 0 radical (unpaired) electrons. The molecule has 0 aliphatic carbocycles. The Balaban J connectivity index is 2.00. The third kappa shape index (κ3) is 3.97. The van der Waals surface area contributed by atoms with Crippen molar-refractivity contribution in [1.82, 2.24) is 5.32 Å². The number of oxime groups is 1. The van der Waals surface area contributed by atoms with Crippen molar-refractivity contribution < 1.29 is 9.94 Å². The second-order valence-electron chi connectivity index (χ2n) is 4.60. The van der Waals surface area contributed by atoms with Crippen LogP contribution < -0.4 is 15.8 Å². The van der Waals surface area contributed by atoms with Gasteiger partial charge in [-0.1, -0.05) is 41.6 Å². The third-order valence-corrected chi connectivity index (χ3v) is 3.18. The first-order valence-corrected chi connectivity index (χ1v) is 6.64. The van der Waals surface area contributed by atoms with Crippen molar-refractivity contribution in [2.75, 3.05) is 7.11 Å². The zero-order chi connectivity index (χ0) is 15.1. The van der Waals surface area contributed by atoms with Gasteiger partial charge in [-0.05, 0) is 23.3 Å². The van der Waals surface area contributed by atoms with Crippen LogP contribution >= 0.6 is 0 Å². The van der Waals surface area contributed by atoms with Gasteiger partial charge in [-0.15, -0.1) is 0 Å². The van der Waals surface area contributed by atoms with Gasteiger partial charge in [0.2, 0.25) is 0 Å². The van der Waals surface area contributed by atoms with Gasteiger partial charge in [-0.3, -0.25) is 0 Å². The summed E-state index contributed by atoms with van der Waals surface area (Å²) in [5, 5.41) is 15.2. The van der Waals surface area contributed by atoms with E-state index in [1.165, 1.54) is 0 Å². The van der Waals surface area contributed by atoms with Gasteiger partial charge in [0.05, 0.1) is 7.11 Å². The van der Waals surface area contributed by atoms with Crippen molar-refractivity contribution in [2.45, 2.75) is 13.1 Å². The Morgan fingerprint density at radius 2 is 2.00 bits per heavy atom. The average Bonchev–Trinajstić information content (AvgIpc) is 2.55. The highest BCUT2D eigenvalue weighted by molar-refractivity contribution is 5.98. The molecular weight excluding hydrogens is 266 g/mol. The zero-order valence-electron chi connectivity index (χ0n) is 11.9. The Kier molecular flexibility index (Phi) is 5.17. The fourth-order valence-electron chi connectivity index (χ4n) is 2.10. The van der Waals surface area contributed by atoms with Gasteiger partial charge < -0.3 is 21.0 Å². The van der Waals surface area contributed by atoms with Crippen molar-refractivity contribution in [3.63, 3.8) is 0 Å². The molecule has 0 amide bonds. The van der Waals surface area contributed by atoms with Crippen LogP contribution in [0.3, 0.4) is 0 Å². The van der Waals surface area contributed by atoms with Crippen molar-refractivity contribution in [2.24, 2.45) is 10.9 Å². The molecule has 0 aliphatic rings. The molecule has 2 aromatic carbocycles. The van der Waals surface area contributed by atoms with E-state index >= 15 is 0 Å². The molecule has 110 valence electrons. The smallest absolute Gasteiger partial charge is 0.170 e. The monoisotopic (exact) mass is 285 g/mol. The van der Waals surface area contributed by atoms with Gasteiger partial charge in [-0.2, -0.15) is 0 Å². The summed E-state index contributed by atoms with van der Waals surface area (Å²) in [5.41, 5.74) is 8.52. The number of nitrogens with two attached hydrogens (primary N) is 1. The van der Waals surface area contributed by atoms with E-state index in [-0.39, 0.29) is 5.84 Å². The zero-order valence-corrected chi connectivity index (χ0v) is 11.9. The van der Waals surface area contributed by atoms with E-state index in [0.717, 1.165) is 22.4 Å². The van der Waals surface area contributed by atoms with Crippen LogP contribution in [0.1, 0.15) is 16.7 Å². The second-order valence-corrected chi connectivity index (χ2v) is 4.60. The molecule has 0 fully saturated rings. The molecule has 0 atom stereocenters. The lowest BCUT2D eigenvalue weighted by atomic mass is 10.1. The summed E-state index contributed by atoms with van der Waals surface area (Å²) in [6.07, 6.45) is 0. The largest absolute Gasteiger partial charge is 0.497 e. The molecule has 5 nitrogen and oxygen atoms in total. The van der Waals surface area contributed by atoms with Gasteiger partial charge >= 0.3 is 0 Å². The van der Waals surface area contributed by atoms with Gasteiger partial charge in [-0.25, -0.2) is 0 Å². The van der Waals surface area contributed by atoms with E-state index in [9.17, 15) is 0 Å². The van der Waals surface area contributed by atoms with E-state index in [1.54, 1.807) is 7.11 Å². The van der Waals surface area contributed by atoms with Crippen LogP contribution in [-0.4, -0.2) is 18.2 Å². The molecule has 0 spiro atoms. The average molecular weight is 285 g/mol. The highest BCUT2D eigenvalue weighted by Crippen LogP contribution is 2.13. The molecule has 0 saturated carbocycles. The van der Waals surface area contributed by atoms with Crippen molar-refractivity contribution in [3.8, 4) is 5.75 Å². The van der Waals surface area contributed by atoms with Crippen LogP contribution in [-0.2, 0) is 13.1 Å². The molecule has 0 bridgehead atoms. The Hall–Kier alpha value is -2.53. The van der Waals surface area contributed by atoms with Gasteiger partial charge in [0.25, 0.3) is 0 Å². The number of ether oxygens (including phenoxy) is 1. The number of methoxy groups -OCH3 is 1. The molecule has 21 heavy (non-hydrogen) atoms. The van der Waals surface area contributed by atoms with Crippen LogP contribution in [0, 0.1) is 0 Å². The van der Waals surface area contributed by atoms with Crippen LogP contribution in [0.2, 0.25) is 0 Å². The number of benzene rings is 2. The first kappa shape index (κ1) is 14.9. The van der Waals surface area contributed by atoms with E-state index in [0.29, 0.717) is 13.1 Å². The quantitative estimate of drug-likeness (QED) is 0.328. The lowest BCUT2D eigenvalue weighted by Gasteiger charge is -2.10. The summed E-state index contributed by atoms with van der Waals surface area (Å²) < 4.78 is 5.20. The number of amidine groups is 1. The molecule has 4 N–H and O–H groups in total. The molecule has 0 heterocycles. The predicted molar refractivity (Wildman–Crippen MR) is 82.5 cm³/mol. The summed E-state index contributed by atoms with van der Waals surface area (Å²) in [4.78, 5) is 0. The fourth-order valence-corrected chi connectivity index (χ4v) is 2.10. The molecule has 5 heteroatoms. The molecule has 0 unspecified atom stereocenters. The summed E-state index contributed by atoms with van der Waals surface area (Å²) in [7, 11) is 1.65. The van der Waals surface area contributed by atoms with Crippen LogP contribution in [0.25, 0.3) is 0 Å². The topological polar surface area (TPSA) is 79.9 Å². The summed E-state index contributed by atoms with van der Waals surface area (Å²) >= 11 is 0. The Morgan fingerprint density at radius 1 is 1.19 bits per heavy atom. The predicted octanol–water partition coefficient (Wildman–Crippen LogP) is 2.08. The standard InChI is InChI=1S/C16H19N3O2/c1-21-14-7-4-5-12(9-14)10-18-11-13-6-2-3-8-15(13)16(17)19-20/h2-9,18,20H,10-11H2,1H3,(H2,17,19). The summed E-state index contributed by atoms with van der Waals surface area (Å²) in [5.74, 6) is 0.958. The summed E-state index contributed by atoms with van der Waals surface area (Å²) in [6.45, 7) is 1.34. The minimum atomic E-state index is 0.119. The normalized spacial score (nSPS) is 11.4. The van der Waals surface area contributed by atoms with E-state index in [2.05, 4.69) is 10.5 Å². The van der Waals surface area contributed by atoms with Gasteiger partial charge in [0, 0.05) is 18.7 Å². The van der Waals surface area contributed by atoms with Gasteiger partial charge in [0.1, 0.15) is 5.75 Å². The van der Waals surface area contributed by atoms with E-state index in [4.69, 9.17) is 15.7 Å². The van der Waals surface area contributed by atoms with Crippen molar-refractivity contribution in [1.29, 1.82) is 0 Å². The third-order valence-electron chi connectivity index (χ3n) is 3.18. The number of nitrogens with zero attached hydrogens (tertiary/aromatic N) is 1. The SMILES string of the molecule is COc1cccc(CNCc2ccccc2C(N)=NO)c1.